The van der Waals surface area contributed by atoms with E-state index in [2.05, 4.69) is 6.92 Å². The summed E-state index contributed by atoms with van der Waals surface area (Å²) in [6.45, 7) is 2.91. The highest BCUT2D eigenvalue weighted by atomic mass is 16.5. The summed E-state index contributed by atoms with van der Waals surface area (Å²) >= 11 is 0. The molecule has 15 heavy (non-hydrogen) atoms. The molecule has 4 nitrogen and oxygen atoms in total. The van der Waals surface area contributed by atoms with Crippen LogP contribution in [-0.4, -0.2) is 13.7 Å². The molecule has 0 spiro atoms. The number of hydrogen-bond acceptors (Lipinski definition) is 4. The molecule has 0 aromatic heterocycles. The third-order valence-corrected chi connectivity index (χ3v) is 1.82. The van der Waals surface area contributed by atoms with Crippen LogP contribution in [0.1, 0.15) is 19.8 Å². The number of benzene rings is 1. The van der Waals surface area contributed by atoms with Crippen molar-refractivity contribution in [2.24, 2.45) is 0 Å². The van der Waals surface area contributed by atoms with E-state index in [1.54, 1.807) is 7.11 Å². The zero-order valence-corrected chi connectivity index (χ0v) is 9.14. The number of unbranched alkanes of at least 4 members (excludes halogenated alkanes) is 1. The first-order chi connectivity index (χ1) is 7.38. The van der Waals surface area contributed by atoms with Gasteiger partial charge in [-0.15, -0.1) is 0 Å². The lowest BCUT2D eigenvalue weighted by Gasteiger charge is -2.09. The van der Waals surface area contributed by atoms with Gasteiger partial charge in [0.1, 0.15) is 0 Å². The number of para-hydroxylation sites is 2. The van der Waals surface area contributed by atoms with E-state index in [0.29, 0.717) is 0 Å². The standard InChI is InChI=1S/C11H16O2.N2/c1-3-4-9-13-11-8-6-5-7-10(11)12-2;1-2/h5-8H,3-4,9H2,1-2H3;. The van der Waals surface area contributed by atoms with Crippen molar-refractivity contribution in [1.82, 2.24) is 0 Å². The van der Waals surface area contributed by atoms with Crippen molar-refractivity contribution >= 4 is 0 Å². The Hall–Kier alpha value is -1.76. The Morgan fingerprint density at radius 3 is 2.27 bits per heavy atom. The van der Waals surface area contributed by atoms with E-state index < -0.39 is 0 Å². The molecule has 0 saturated heterocycles. The molecule has 0 aliphatic carbocycles. The maximum absolute atomic E-state index is 6.00. The van der Waals surface area contributed by atoms with Gasteiger partial charge in [-0.3, -0.25) is 0 Å². The molecule has 1 aromatic rings. The predicted molar refractivity (Wildman–Crippen MR) is 56.8 cm³/mol. The van der Waals surface area contributed by atoms with Crippen molar-refractivity contribution in [1.29, 1.82) is 10.8 Å². The molecule has 1 rings (SSSR count). The van der Waals surface area contributed by atoms with Gasteiger partial charge in [-0.1, -0.05) is 25.5 Å². The Morgan fingerprint density at radius 1 is 1.13 bits per heavy atom. The van der Waals surface area contributed by atoms with Crippen molar-refractivity contribution in [2.45, 2.75) is 19.8 Å². The largest absolute Gasteiger partial charge is 0.493 e. The summed E-state index contributed by atoms with van der Waals surface area (Å²) in [7, 11) is 1.65. The summed E-state index contributed by atoms with van der Waals surface area (Å²) in [5.41, 5.74) is 0. The van der Waals surface area contributed by atoms with Gasteiger partial charge in [0.25, 0.3) is 0 Å². The zero-order chi connectivity index (χ0) is 11.5. The number of ether oxygens (including phenoxy) is 2. The fraction of sp³-hybridized carbons (Fsp3) is 0.455. The van der Waals surface area contributed by atoms with Gasteiger partial charge in [-0.25, -0.2) is 0 Å². The van der Waals surface area contributed by atoms with Crippen molar-refractivity contribution in [3.63, 3.8) is 0 Å². The molecule has 0 amide bonds. The minimum absolute atomic E-state index is 0.761. The SMILES string of the molecule is CCCCOc1ccccc1OC.N#N. The summed E-state index contributed by atoms with van der Waals surface area (Å²) in [6.07, 6.45) is 2.23. The van der Waals surface area contributed by atoms with Gasteiger partial charge >= 0.3 is 0 Å². The lowest BCUT2D eigenvalue weighted by molar-refractivity contribution is 0.288. The van der Waals surface area contributed by atoms with Crippen LogP contribution in [0.15, 0.2) is 24.3 Å². The van der Waals surface area contributed by atoms with Crippen LogP contribution in [-0.2, 0) is 0 Å². The first kappa shape index (κ1) is 13.2. The molecule has 0 radical (unpaired) electrons. The molecular formula is C11H16N2O2. The number of rotatable bonds is 5. The second kappa shape index (κ2) is 8.82. The predicted octanol–water partition coefficient (Wildman–Crippen LogP) is 2.90. The average Bonchev–Trinajstić information content (AvgIpc) is 2.33. The molecule has 0 aliphatic heterocycles. The van der Waals surface area contributed by atoms with Crippen LogP contribution in [0.5, 0.6) is 11.5 Å². The van der Waals surface area contributed by atoms with E-state index in [1.165, 1.54) is 0 Å². The Morgan fingerprint density at radius 2 is 1.73 bits per heavy atom. The third kappa shape index (κ3) is 4.87. The third-order valence-electron chi connectivity index (χ3n) is 1.82. The lowest BCUT2D eigenvalue weighted by atomic mass is 10.3. The van der Waals surface area contributed by atoms with Gasteiger partial charge in [0.2, 0.25) is 0 Å². The van der Waals surface area contributed by atoms with Gasteiger partial charge in [-0.2, -0.15) is 0 Å². The Kier molecular flexibility index (Phi) is 7.79. The van der Waals surface area contributed by atoms with Crippen LogP contribution >= 0.6 is 0 Å². The smallest absolute Gasteiger partial charge is 0.161 e. The number of methoxy groups -OCH3 is 1. The van der Waals surface area contributed by atoms with Crippen molar-refractivity contribution < 1.29 is 9.47 Å². The Bertz CT molecular complexity index is 287. The maximum Gasteiger partial charge on any atom is 0.161 e. The second-order valence-electron chi connectivity index (χ2n) is 2.85. The van der Waals surface area contributed by atoms with Gasteiger partial charge < -0.3 is 9.47 Å². The topological polar surface area (TPSA) is 66.0 Å². The highest BCUT2D eigenvalue weighted by Gasteiger charge is 2.00. The normalized spacial score (nSPS) is 8.53. The van der Waals surface area contributed by atoms with Crippen molar-refractivity contribution in [3.05, 3.63) is 24.3 Å². The first-order valence-electron chi connectivity index (χ1n) is 4.84. The van der Waals surface area contributed by atoms with Crippen LogP contribution in [0, 0.1) is 10.8 Å². The van der Waals surface area contributed by atoms with E-state index in [-0.39, 0.29) is 0 Å². The fourth-order valence-corrected chi connectivity index (χ4v) is 1.06. The quantitative estimate of drug-likeness (QED) is 0.551. The van der Waals surface area contributed by atoms with Crippen LogP contribution in [0.3, 0.4) is 0 Å². The van der Waals surface area contributed by atoms with Gasteiger partial charge in [-0.05, 0) is 18.6 Å². The molecule has 0 aliphatic rings. The minimum Gasteiger partial charge on any atom is -0.493 e. The highest BCUT2D eigenvalue weighted by Crippen LogP contribution is 2.25. The Labute approximate surface area is 90.2 Å². The molecule has 0 heterocycles. The molecule has 0 saturated carbocycles. The summed E-state index contributed by atoms with van der Waals surface area (Å²) < 4.78 is 10.7. The molecule has 0 bridgehead atoms. The average molecular weight is 208 g/mol. The summed E-state index contributed by atoms with van der Waals surface area (Å²) in [4.78, 5) is 0. The van der Waals surface area contributed by atoms with Crippen LogP contribution in [0.4, 0.5) is 0 Å². The monoisotopic (exact) mass is 208 g/mol. The summed E-state index contributed by atoms with van der Waals surface area (Å²) in [5, 5.41) is 12.0. The molecule has 0 atom stereocenters. The van der Waals surface area contributed by atoms with Gasteiger partial charge in [0.15, 0.2) is 11.5 Å². The minimum atomic E-state index is 0.761. The van der Waals surface area contributed by atoms with E-state index in [9.17, 15) is 0 Å². The van der Waals surface area contributed by atoms with E-state index >= 15 is 0 Å². The highest BCUT2D eigenvalue weighted by molar-refractivity contribution is 5.39. The van der Waals surface area contributed by atoms with Gasteiger partial charge in [0, 0.05) is 10.8 Å². The summed E-state index contributed by atoms with van der Waals surface area (Å²) in [6, 6.07) is 7.71. The Balaban J connectivity index is 0.000000921. The first-order valence-corrected chi connectivity index (χ1v) is 4.84. The lowest BCUT2D eigenvalue weighted by Crippen LogP contribution is -1.98. The van der Waals surface area contributed by atoms with Crippen LogP contribution in [0.25, 0.3) is 0 Å². The van der Waals surface area contributed by atoms with E-state index in [1.807, 2.05) is 24.3 Å². The number of hydrogen-bond donors (Lipinski definition) is 0. The molecule has 1 aromatic carbocycles. The fourth-order valence-electron chi connectivity index (χ4n) is 1.06. The van der Waals surface area contributed by atoms with Crippen LogP contribution < -0.4 is 9.47 Å². The molecule has 0 unspecified atom stereocenters. The molecular weight excluding hydrogens is 192 g/mol. The zero-order valence-electron chi connectivity index (χ0n) is 9.14. The van der Waals surface area contributed by atoms with Gasteiger partial charge in [0.05, 0.1) is 13.7 Å². The second-order valence-corrected chi connectivity index (χ2v) is 2.85. The number of nitrogens with zero attached hydrogens (tertiary/aromatic N) is 2. The van der Waals surface area contributed by atoms with Crippen LogP contribution in [0.2, 0.25) is 0 Å². The van der Waals surface area contributed by atoms with E-state index in [4.69, 9.17) is 20.3 Å². The maximum atomic E-state index is 6.00. The van der Waals surface area contributed by atoms with E-state index in [0.717, 1.165) is 30.9 Å². The molecule has 0 fully saturated rings. The van der Waals surface area contributed by atoms with Crippen molar-refractivity contribution in [3.8, 4) is 11.5 Å². The summed E-state index contributed by atoms with van der Waals surface area (Å²) in [5.74, 6) is 1.64. The molecule has 82 valence electrons. The molecule has 4 heteroatoms. The molecule has 0 N–H and O–H groups in total. The van der Waals surface area contributed by atoms with Crippen molar-refractivity contribution in [2.75, 3.05) is 13.7 Å².